The van der Waals surface area contributed by atoms with Crippen molar-refractivity contribution in [3.05, 3.63) is 57.9 Å². The summed E-state index contributed by atoms with van der Waals surface area (Å²) in [4.78, 5) is 10.2. The Morgan fingerprint density at radius 3 is 2.52 bits per heavy atom. The van der Waals surface area contributed by atoms with Crippen molar-refractivity contribution >= 4 is 17.3 Å². The van der Waals surface area contributed by atoms with Crippen molar-refractivity contribution in [3.63, 3.8) is 0 Å². The molecule has 0 aromatic heterocycles. The monoisotopic (exact) mass is 311 g/mol. The van der Waals surface area contributed by atoms with Crippen LogP contribution in [0.5, 0.6) is 17.2 Å². The number of halogens is 2. The van der Waals surface area contributed by atoms with Crippen LogP contribution in [0.25, 0.3) is 0 Å². The Balaban J connectivity index is 2.37. The van der Waals surface area contributed by atoms with E-state index < -0.39 is 10.7 Å². The van der Waals surface area contributed by atoms with Crippen molar-refractivity contribution in [2.24, 2.45) is 0 Å². The van der Waals surface area contributed by atoms with Gasteiger partial charge < -0.3 is 9.47 Å². The normalized spacial score (nSPS) is 10.2. The molecular weight excluding hydrogens is 301 g/mol. The summed E-state index contributed by atoms with van der Waals surface area (Å²) >= 11 is 5.74. The summed E-state index contributed by atoms with van der Waals surface area (Å²) in [6, 6.07) is 7.90. The minimum Gasteiger partial charge on any atom is -0.493 e. The number of hydrogen-bond donors (Lipinski definition) is 0. The number of nitro groups is 1. The Kier molecular flexibility index (Phi) is 4.59. The zero-order chi connectivity index (χ0) is 15.4. The Labute approximate surface area is 125 Å². The molecule has 2 rings (SSSR count). The molecule has 0 amide bonds. The SMILES string of the molecule is COc1cc([N+](=O)[O-])ccc1Oc1ccc(F)cc1CCl. The zero-order valence-electron chi connectivity index (χ0n) is 11.0. The highest BCUT2D eigenvalue weighted by atomic mass is 35.5. The van der Waals surface area contributed by atoms with Crippen LogP contribution in [0, 0.1) is 15.9 Å². The summed E-state index contributed by atoms with van der Waals surface area (Å²) < 4.78 is 23.8. The molecule has 5 nitrogen and oxygen atoms in total. The second-order valence-corrected chi connectivity index (χ2v) is 4.35. The molecule has 0 heterocycles. The molecule has 0 radical (unpaired) electrons. The summed E-state index contributed by atoms with van der Waals surface area (Å²) in [5, 5.41) is 10.7. The molecule has 0 unspecified atom stereocenters. The third kappa shape index (κ3) is 3.41. The highest BCUT2D eigenvalue weighted by molar-refractivity contribution is 6.17. The fourth-order valence-corrected chi connectivity index (χ4v) is 1.93. The number of nitro benzene ring substituents is 1. The smallest absolute Gasteiger partial charge is 0.273 e. The van der Waals surface area contributed by atoms with Gasteiger partial charge in [0.05, 0.1) is 24.0 Å². The standard InChI is InChI=1S/C14H11ClFNO4/c1-20-14-7-11(17(18)19)3-5-13(14)21-12-4-2-10(16)6-9(12)8-15/h2-7H,8H2,1H3. The van der Waals surface area contributed by atoms with Gasteiger partial charge in [-0.15, -0.1) is 11.6 Å². The molecule has 0 N–H and O–H groups in total. The molecule has 2 aromatic carbocycles. The molecule has 0 aliphatic heterocycles. The second-order valence-electron chi connectivity index (χ2n) is 4.08. The average molecular weight is 312 g/mol. The summed E-state index contributed by atoms with van der Waals surface area (Å²) in [6.07, 6.45) is 0. The second kappa shape index (κ2) is 6.41. The van der Waals surface area contributed by atoms with Gasteiger partial charge in [-0.3, -0.25) is 10.1 Å². The van der Waals surface area contributed by atoms with Crippen LogP contribution in [0.2, 0.25) is 0 Å². The topological polar surface area (TPSA) is 61.6 Å². The number of nitrogens with zero attached hydrogens (tertiary/aromatic N) is 1. The van der Waals surface area contributed by atoms with Crippen LogP contribution in [0.4, 0.5) is 10.1 Å². The van der Waals surface area contributed by atoms with Crippen molar-refractivity contribution in [2.75, 3.05) is 7.11 Å². The van der Waals surface area contributed by atoms with Gasteiger partial charge in [0.1, 0.15) is 11.6 Å². The molecule has 0 bridgehead atoms. The van der Waals surface area contributed by atoms with Gasteiger partial charge in [-0.25, -0.2) is 4.39 Å². The van der Waals surface area contributed by atoms with Gasteiger partial charge in [-0.05, 0) is 24.3 Å². The van der Waals surface area contributed by atoms with Crippen LogP contribution in [-0.4, -0.2) is 12.0 Å². The van der Waals surface area contributed by atoms with Crippen LogP contribution in [0.1, 0.15) is 5.56 Å². The van der Waals surface area contributed by atoms with Crippen molar-refractivity contribution in [1.82, 2.24) is 0 Å². The van der Waals surface area contributed by atoms with E-state index in [1.807, 2.05) is 0 Å². The molecular formula is C14H11ClFNO4. The van der Waals surface area contributed by atoms with Gasteiger partial charge in [0.25, 0.3) is 5.69 Å². The number of rotatable bonds is 5. The Morgan fingerprint density at radius 2 is 1.90 bits per heavy atom. The molecule has 110 valence electrons. The van der Waals surface area contributed by atoms with Gasteiger partial charge in [0.15, 0.2) is 11.5 Å². The first kappa shape index (κ1) is 15.1. The first-order valence-corrected chi connectivity index (χ1v) is 6.43. The van der Waals surface area contributed by atoms with Gasteiger partial charge >= 0.3 is 0 Å². The number of hydrogen-bond acceptors (Lipinski definition) is 4. The maximum absolute atomic E-state index is 13.1. The molecule has 0 aliphatic rings. The van der Waals surface area contributed by atoms with E-state index in [0.717, 1.165) is 0 Å². The number of benzene rings is 2. The van der Waals surface area contributed by atoms with E-state index in [9.17, 15) is 14.5 Å². The highest BCUT2D eigenvalue weighted by Gasteiger charge is 2.14. The Bertz CT molecular complexity index is 678. The van der Waals surface area contributed by atoms with Gasteiger partial charge in [0.2, 0.25) is 0 Å². The summed E-state index contributed by atoms with van der Waals surface area (Å²) in [6.45, 7) is 0. The highest BCUT2D eigenvalue weighted by Crippen LogP contribution is 2.36. The van der Waals surface area contributed by atoms with Crippen LogP contribution >= 0.6 is 11.6 Å². The third-order valence-electron chi connectivity index (χ3n) is 2.74. The van der Waals surface area contributed by atoms with Crippen LogP contribution in [0.3, 0.4) is 0 Å². The first-order valence-electron chi connectivity index (χ1n) is 5.90. The minimum atomic E-state index is -0.533. The van der Waals surface area contributed by atoms with Gasteiger partial charge in [0, 0.05) is 11.6 Å². The molecule has 0 spiro atoms. The van der Waals surface area contributed by atoms with Crippen LogP contribution in [0.15, 0.2) is 36.4 Å². The minimum absolute atomic E-state index is 0.0718. The van der Waals surface area contributed by atoms with E-state index in [2.05, 4.69) is 0 Å². The van der Waals surface area contributed by atoms with Gasteiger partial charge in [-0.1, -0.05) is 0 Å². The third-order valence-corrected chi connectivity index (χ3v) is 3.03. The van der Waals surface area contributed by atoms with E-state index in [-0.39, 0.29) is 23.1 Å². The Hall–Kier alpha value is -2.34. The average Bonchev–Trinajstić information content (AvgIpc) is 2.49. The van der Waals surface area contributed by atoms with E-state index >= 15 is 0 Å². The van der Waals surface area contributed by atoms with E-state index in [1.54, 1.807) is 0 Å². The summed E-state index contributed by atoms with van der Waals surface area (Å²) in [7, 11) is 1.37. The predicted molar refractivity (Wildman–Crippen MR) is 75.7 cm³/mol. The van der Waals surface area contributed by atoms with Crippen LogP contribution in [-0.2, 0) is 5.88 Å². The molecule has 21 heavy (non-hydrogen) atoms. The number of non-ortho nitro benzene ring substituents is 1. The number of alkyl halides is 1. The lowest BCUT2D eigenvalue weighted by Crippen LogP contribution is -1.95. The van der Waals surface area contributed by atoms with Gasteiger partial charge in [-0.2, -0.15) is 0 Å². The maximum Gasteiger partial charge on any atom is 0.273 e. The van der Waals surface area contributed by atoms with Crippen molar-refractivity contribution in [2.45, 2.75) is 5.88 Å². The molecule has 0 aliphatic carbocycles. The van der Waals surface area contributed by atoms with E-state index in [1.165, 1.54) is 43.5 Å². The zero-order valence-corrected chi connectivity index (χ0v) is 11.8. The number of ether oxygens (including phenoxy) is 2. The lowest BCUT2D eigenvalue weighted by molar-refractivity contribution is -0.384. The summed E-state index contributed by atoms with van der Waals surface area (Å²) in [5.41, 5.74) is 0.355. The lowest BCUT2D eigenvalue weighted by atomic mass is 10.2. The maximum atomic E-state index is 13.1. The largest absolute Gasteiger partial charge is 0.493 e. The fraction of sp³-hybridized carbons (Fsp3) is 0.143. The molecule has 2 aromatic rings. The molecule has 0 saturated heterocycles. The predicted octanol–water partition coefficient (Wildman–Crippen LogP) is 4.27. The molecule has 7 heteroatoms. The van der Waals surface area contributed by atoms with Crippen molar-refractivity contribution < 1.29 is 18.8 Å². The van der Waals surface area contributed by atoms with Crippen LogP contribution < -0.4 is 9.47 Å². The number of methoxy groups -OCH3 is 1. The molecule has 0 saturated carbocycles. The first-order chi connectivity index (χ1) is 10.0. The summed E-state index contributed by atoms with van der Waals surface area (Å²) in [5.74, 6) is 0.491. The van der Waals surface area contributed by atoms with Crippen molar-refractivity contribution in [3.8, 4) is 17.2 Å². The molecule has 0 fully saturated rings. The van der Waals surface area contributed by atoms with E-state index in [4.69, 9.17) is 21.1 Å². The lowest BCUT2D eigenvalue weighted by Gasteiger charge is -2.12. The quantitative estimate of drug-likeness (QED) is 0.470. The Morgan fingerprint density at radius 1 is 1.19 bits per heavy atom. The van der Waals surface area contributed by atoms with Crippen molar-refractivity contribution in [1.29, 1.82) is 0 Å². The van der Waals surface area contributed by atoms with E-state index in [0.29, 0.717) is 11.3 Å². The fourth-order valence-electron chi connectivity index (χ4n) is 1.72. The molecule has 0 atom stereocenters.